The lowest BCUT2D eigenvalue weighted by Crippen LogP contribution is -2.41. The molecule has 2 aromatic rings. The second-order valence-corrected chi connectivity index (χ2v) is 8.78. The first-order valence-corrected chi connectivity index (χ1v) is 8.82. The van der Waals surface area contributed by atoms with Crippen molar-refractivity contribution < 1.29 is 16.6 Å². The molecule has 3 rings (SSSR count). The highest BCUT2D eigenvalue weighted by molar-refractivity contribution is 7.92. The molecule has 4 nitrogen and oxygen atoms in total. The lowest BCUT2D eigenvalue weighted by Gasteiger charge is -2.33. The van der Waals surface area contributed by atoms with Crippen LogP contribution < -0.4 is 0 Å². The van der Waals surface area contributed by atoms with Gasteiger partial charge < -0.3 is 9.47 Å². The number of hydrogen-bond donors (Lipinski definition) is 0. The standard InChI is InChI=1S/C17H24N2O2S/c1-17(2,18(3)4)12-19-10-9-13-11-15(7-8-16(13)19)22(20,21)14-5-6-14/h7-11,14H,5-6,12H2,1-4H3/i3D3,4D3. The fraction of sp³-hybridized carbons (Fsp3) is 0.529. The zero-order chi connectivity index (χ0) is 21.1. The maximum atomic E-state index is 12.4. The van der Waals surface area contributed by atoms with Gasteiger partial charge in [0.15, 0.2) is 9.84 Å². The van der Waals surface area contributed by atoms with Gasteiger partial charge in [0, 0.05) is 37.4 Å². The summed E-state index contributed by atoms with van der Waals surface area (Å²) >= 11 is 0. The lowest BCUT2D eigenvalue weighted by atomic mass is 10.0. The SMILES string of the molecule is [2H]C([2H])([2H])N(C([2H])([2H])[2H])C(C)(C)Cn1ccc2cc(S(=O)(=O)C3CC3)ccc21. The molecule has 0 atom stereocenters. The van der Waals surface area contributed by atoms with Crippen molar-refractivity contribution in [3.63, 3.8) is 0 Å². The molecule has 5 heteroatoms. The average molecular weight is 326 g/mol. The first-order valence-electron chi connectivity index (χ1n) is 10.3. The van der Waals surface area contributed by atoms with Gasteiger partial charge in [-0.05, 0) is 64.9 Å². The molecule has 1 aromatic carbocycles. The third-order valence-electron chi connectivity index (χ3n) is 4.20. The zero-order valence-electron chi connectivity index (χ0n) is 18.7. The molecular formula is C17H24N2O2S. The third kappa shape index (κ3) is 2.68. The molecule has 1 heterocycles. The highest BCUT2D eigenvalue weighted by atomic mass is 32.2. The summed E-state index contributed by atoms with van der Waals surface area (Å²) < 4.78 is 72.6. The highest BCUT2D eigenvalue weighted by Crippen LogP contribution is 2.34. The van der Waals surface area contributed by atoms with E-state index >= 15 is 0 Å². The van der Waals surface area contributed by atoms with Gasteiger partial charge in [0.1, 0.15) is 0 Å². The number of fused-ring (bicyclic) bond motifs is 1. The molecule has 0 bridgehead atoms. The van der Waals surface area contributed by atoms with Gasteiger partial charge in [0.05, 0.1) is 10.1 Å². The summed E-state index contributed by atoms with van der Waals surface area (Å²) in [6, 6.07) is 6.63. The van der Waals surface area contributed by atoms with Crippen LogP contribution in [0.1, 0.15) is 34.9 Å². The van der Waals surface area contributed by atoms with Crippen molar-refractivity contribution in [1.82, 2.24) is 9.47 Å². The second kappa shape index (κ2) is 5.10. The maximum absolute atomic E-state index is 12.4. The Bertz CT molecular complexity index is 973. The van der Waals surface area contributed by atoms with Crippen LogP contribution in [0.15, 0.2) is 35.4 Å². The molecule has 120 valence electrons. The molecule has 1 aliphatic rings. The second-order valence-electron chi connectivity index (χ2n) is 6.56. The Morgan fingerprint density at radius 1 is 1.32 bits per heavy atom. The number of nitrogens with zero attached hydrogens (tertiary/aromatic N) is 2. The van der Waals surface area contributed by atoms with Crippen molar-refractivity contribution in [3.8, 4) is 0 Å². The average Bonchev–Trinajstić information content (AvgIpc) is 3.27. The van der Waals surface area contributed by atoms with Gasteiger partial charge in [-0.1, -0.05) is 0 Å². The van der Waals surface area contributed by atoms with Crippen LogP contribution in [0, 0.1) is 0 Å². The van der Waals surface area contributed by atoms with Crippen LogP contribution in [0.25, 0.3) is 10.9 Å². The smallest absolute Gasteiger partial charge is 0.181 e. The van der Waals surface area contributed by atoms with Gasteiger partial charge in [-0.25, -0.2) is 8.42 Å². The number of likely N-dealkylation sites (N-methyl/N-ethyl adjacent to an activating group) is 1. The normalized spacial score (nSPS) is 21.8. The molecule has 0 unspecified atom stereocenters. The van der Waals surface area contributed by atoms with Crippen LogP contribution in [-0.2, 0) is 16.4 Å². The van der Waals surface area contributed by atoms with Gasteiger partial charge in [-0.2, -0.15) is 0 Å². The Kier molecular flexibility index (Phi) is 2.25. The number of benzene rings is 1. The lowest BCUT2D eigenvalue weighted by molar-refractivity contribution is 0.171. The molecule has 1 aromatic heterocycles. The fourth-order valence-electron chi connectivity index (χ4n) is 2.55. The first-order chi connectivity index (χ1) is 12.6. The minimum absolute atomic E-state index is 0.113. The molecule has 22 heavy (non-hydrogen) atoms. The summed E-state index contributed by atoms with van der Waals surface area (Å²) in [5, 5.41) is 0.421. The van der Waals surface area contributed by atoms with E-state index in [0.29, 0.717) is 23.1 Å². The van der Waals surface area contributed by atoms with Gasteiger partial charge in [-0.3, -0.25) is 0 Å². The van der Waals surface area contributed by atoms with E-state index in [1.165, 1.54) is 0 Å². The number of sulfone groups is 1. The molecule has 1 fully saturated rings. The summed E-state index contributed by atoms with van der Waals surface area (Å²) in [5.41, 5.74) is -0.486. The quantitative estimate of drug-likeness (QED) is 0.848. The van der Waals surface area contributed by atoms with Crippen LogP contribution in [0.2, 0.25) is 0 Å². The van der Waals surface area contributed by atoms with Crippen LogP contribution in [-0.4, -0.2) is 42.6 Å². The largest absolute Gasteiger partial charge is 0.346 e. The van der Waals surface area contributed by atoms with Crippen molar-refractivity contribution in [1.29, 1.82) is 0 Å². The van der Waals surface area contributed by atoms with Crippen molar-refractivity contribution in [3.05, 3.63) is 30.5 Å². The molecule has 0 saturated heterocycles. The highest BCUT2D eigenvalue weighted by Gasteiger charge is 2.36. The minimum Gasteiger partial charge on any atom is -0.346 e. The van der Waals surface area contributed by atoms with Gasteiger partial charge in [0.25, 0.3) is 0 Å². The predicted octanol–water partition coefficient (Wildman–Crippen LogP) is 2.92. The Morgan fingerprint density at radius 2 is 2.05 bits per heavy atom. The van der Waals surface area contributed by atoms with Crippen LogP contribution >= 0.6 is 0 Å². The molecule has 0 spiro atoms. The van der Waals surface area contributed by atoms with Crippen molar-refractivity contribution >= 4 is 20.7 Å². The van der Waals surface area contributed by atoms with Crippen molar-refractivity contribution in [2.45, 2.75) is 48.9 Å². The number of rotatable bonds is 5. The van der Waals surface area contributed by atoms with E-state index in [1.807, 2.05) is 0 Å². The van der Waals surface area contributed by atoms with Crippen LogP contribution in [0.4, 0.5) is 0 Å². The van der Waals surface area contributed by atoms with Crippen LogP contribution in [0.3, 0.4) is 0 Å². The molecule has 0 radical (unpaired) electrons. The van der Waals surface area contributed by atoms with E-state index in [-0.39, 0.29) is 16.7 Å². The molecule has 1 aliphatic carbocycles. The molecule has 1 saturated carbocycles. The van der Waals surface area contributed by atoms with E-state index in [9.17, 15) is 8.42 Å². The van der Waals surface area contributed by atoms with Gasteiger partial charge in [-0.15, -0.1) is 0 Å². The zero-order valence-corrected chi connectivity index (χ0v) is 13.5. The van der Waals surface area contributed by atoms with Gasteiger partial charge in [0.2, 0.25) is 0 Å². The fourth-order valence-corrected chi connectivity index (χ4v) is 4.24. The third-order valence-corrected chi connectivity index (χ3v) is 6.46. The van der Waals surface area contributed by atoms with E-state index in [4.69, 9.17) is 8.22 Å². The van der Waals surface area contributed by atoms with E-state index in [2.05, 4.69) is 0 Å². The van der Waals surface area contributed by atoms with E-state index in [1.54, 1.807) is 48.9 Å². The predicted molar refractivity (Wildman–Crippen MR) is 89.9 cm³/mol. The molecule has 0 aliphatic heterocycles. The van der Waals surface area contributed by atoms with E-state index < -0.39 is 29.3 Å². The Balaban J connectivity index is 1.96. The topological polar surface area (TPSA) is 42.3 Å². The number of aromatic nitrogens is 1. The summed E-state index contributed by atoms with van der Waals surface area (Å²) in [6.07, 6.45) is 3.10. The van der Waals surface area contributed by atoms with Crippen molar-refractivity contribution in [2.75, 3.05) is 14.0 Å². The Hall–Kier alpha value is -1.33. The number of hydrogen-bond acceptors (Lipinski definition) is 3. The first kappa shape index (κ1) is 9.73. The monoisotopic (exact) mass is 326 g/mol. The molecule has 0 amide bonds. The van der Waals surface area contributed by atoms with Crippen LogP contribution in [0.5, 0.6) is 0 Å². The Morgan fingerprint density at radius 3 is 2.68 bits per heavy atom. The van der Waals surface area contributed by atoms with Crippen molar-refractivity contribution in [2.24, 2.45) is 0 Å². The summed E-state index contributed by atoms with van der Waals surface area (Å²) in [6.45, 7) is -2.32. The van der Waals surface area contributed by atoms with Gasteiger partial charge >= 0.3 is 0 Å². The van der Waals surface area contributed by atoms with E-state index in [0.717, 1.165) is 5.52 Å². The Labute approximate surface area is 141 Å². The maximum Gasteiger partial charge on any atom is 0.181 e. The summed E-state index contributed by atoms with van der Waals surface area (Å²) in [5.74, 6) is 0. The summed E-state index contributed by atoms with van der Waals surface area (Å²) in [4.78, 5) is 0.858. The molecular weight excluding hydrogens is 296 g/mol. The molecule has 0 N–H and O–H groups in total. The summed E-state index contributed by atoms with van der Waals surface area (Å²) in [7, 11) is -3.30. The minimum atomic E-state index is -3.30.